The average molecular weight is 471 g/mol. The zero-order valence-corrected chi connectivity index (χ0v) is 19.0. The Bertz CT molecular complexity index is 1310. The van der Waals surface area contributed by atoms with E-state index in [4.69, 9.17) is 0 Å². The molecule has 9 heteroatoms. The Labute approximate surface area is 201 Å². The molecule has 2 N–H and O–H groups in total. The van der Waals surface area contributed by atoms with Gasteiger partial charge in [-0.25, -0.2) is 5.43 Å². The Hall–Kier alpha value is -4.24. The molecule has 0 aliphatic heterocycles. The van der Waals surface area contributed by atoms with Crippen LogP contribution in [0.5, 0.6) is 5.75 Å². The number of carbonyl (C=O) groups excluding carboxylic acids is 1. The summed E-state index contributed by atoms with van der Waals surface area (Å²) < 4.78 is 1.90. The molecule has 2 aromatic carbocycles. The van der Waals surface area contributed by atoms with Crippen LogP contribution < -0.4 is 5.43 Å². The molecule has 170 valence electrons. The van der Waals surface area contributed by atoms with Gasteiger partial charge < -0.3 is 5.11 Å². The maximum Gasteiger partial charge on any atom is 0.250 e. The van der Waals surface area contributed by atoms with Crippen LogP contribution in [0, 0.1) is 0 Å². The van der Waals surface area contributed by atoms with Gasteiger partial charge in [-0.15, -0.1) is 16.8 Å². The van der Waals surface area contributed by atoms with E-state index < -0.39 is 0 Å². The first kappa shape index (κ1) is 22.9. The number of aromatic nitrogens is 4. The number of pyridine rings is 1. The average Bonchev–Trinajstić information content (AvgIpc) is 3.30. The SMILES string of the molecule is C=CCc1cccc(/C=N\NC(=O)CSc2nnc(-c3ccncc3)n2-c2ccccc2)c1O. The fourth-order valence-corrected chi connectivity index (χ4v) is 3.98. The van der Waals surface area contributed by atoms with Gasteiger partial charge in [0.25, 0.3) is 5.91 Å². The number of hydrazone groups is 1. The molecular weight excluding hydrogens is 448 g/mol. The van der Waals surface area contributed by atoms with Gasteiger partial charge in [0, 0.05) is 29.2 Å². The number of hydrogen-bond donors (Lipinski definition) is 2. The van der Waals surface area contributed by atoms with Crippen LogP contribution in [0.2, 0.25) is 0 Å². The molecule has 4 rings (SSSR count). The van der Waals surface area contributed by atoms with Crippen LogP contribution in [0.4, 0.5) is 0 Å². The number of rotatable bonds is 9. The number of allylic oxidation sites excluding steroid dienone is 1. The molecule has 0 spiro atoms. The van der Waals surface area contributed by atoms with Crippen molar-refractivity contribution in [3.8, 4) is 22.8 Å². The number of hydrogen-bond acceptors (Lipinski definition) is 7. The highest BCUT2D eigenvalue weighted by atomic mass is 32.2. The number of benzene rings is 2. The number of phenols is 1. The zero-order chi connectivity index (χ0) is 23.8. The summed E-state index contributed by atoms with van der Waals surface area (Å²) >= 11 is 1.25. The van der Waals surface area contributed by atoms with Gasteiger partial charge in [0.1, 0.15) is 5.75 Å². The molecule has 4 aromatic rings. The normalized spacial score (nSPS) is 10.9. The number of para-hydroxylation sites is 2. The van der Waals surface area contributed by atoms with E-state index in [1.807, 2.05) is 59.2 Å². The monoisotopic (exact) mass is 470 g/mol. The van der Waals surface area contributed by atoms with Gasteiger partial charge in [0.05, 0.1) is 12.0 Å². The van der Waals surface area contributed by atoms with E-state index >= 15 is 0 Å². The fraction of sp³-hybridized carbons (Fsp3) is 0.0800. The summed E-state index contributed by atoms with van der Waals surface area (Å²) in [5.74, 6) is 0.552. The summed E-state index contributed by atoms with van der Waals surface area (Å²) in [6.07, 6.45) is 7.06. The molecule has 0 aliphatic carbocycles. The summed E-state index contributed by atoms with van der Waals surface area (Å²) in [7, 11) is 0. The van der Waals surface area contributed by atoms with E-state index in [1.54, 1.807) is 24.5 Å². The molecule has 0 aliphatic rings. The van der Waals surface area contributed by atoms with Crippen molar-refractivity contribution in [2.75, 3.05) is 5.75 Å². The van der Waals surface area contributed by atoms with Crippen molar-refractivity contribution in [1.29, 1.82) is 0 Å². The van der Waals surface area contributed by atoms with Crippen LogP contribution in [0.15, 0.2) is 96.0 Å². The number of carbonyl (C=O) groups is 1. The maximum absolute atomic E-state index is 12.4. The molecule has 0 atom stereocenters. The molecule has 0 fully saturated rings. The summed E-state index contributed by atoms with van der Waals surface area (Å²) in [5, 5.41) is 23.5. The lowest BCUT2D eigenvalue weighted by molar-refractivity contribution is -0.118. The van der Waals surface area contributed by atoms with E-state index in [0.29, 0.717) is 23.0 Å². The summed E-state index contributed by atoms with van der Waals surface area (Å²) in [6, 6.07) is 18.8. The fourth-order valence-electron chi connectivity index (χ4n) is 3.23. The van der Waals surface area contributed by atoms with E-state index in [9.17, 15) is 9.90 Å². The van der Waals surface area contributed by atoms with Gasteiger partial charge in [0.2, 0.25) is 0 Å². The molecule has 8 nitrogen and oxygen atoms in total. The van der Waals surface area contributed by atoms with Crippen molar-refractivity contribution in [3.63, 3.8) is 0 Å². The van der Waals surface area contributed by atoms with E-state index in [0.717, 1.165) is 16.8 Å². The molecule has 2 heterocycles. The van der Waals surface area contributed by atoms with Gasteiger partial charge in [-0.2, -0.15) is 5.10 Å². The Morgan fingerprint density at radius 2 is 1.88 bits per heavy atom. The van der Waals surface area contributed by atoms with E-state index in [2.05, 4.69) is 32.3 Å². The highest BCUT2D eigenvalue weighted by Gasteiger charge is 2.17. The highest BCUT2D eigenvalue weighted by molar-refractivity contribution is 7.99. The zero-order valence-electron chi connectivity index (χ0n) is 18.2. The molecule has 0 radical (unpaired) electrons. The first-order chi connectivity index (χ1) is 16.7. The Morgan fingerprint density at radius 3 is 2.65 bits per heavy atom. The van der Waals surface area contributed by atoms with Crippen molar-refractivity contribution < 1.29 is 9.90 Å². The number of aromatic hydroxyl groups is 1. The predicted octanol–water partition coefficient (Wildman–Crippen LogP) is 4.01. The molecular formula is C25H22N6O2S. The Morgan fingerprint density at radius 1 is 1.09 bits per heavy atom. The van der Waals surface area contributed by atoms with Crippen LogP contribution in [0.1, 0.15) is 11.1 Å². The van der Waals surface area contributed by atoms with Gasteiger partial charge in [-0.05, 0) is 42.3 Å². The van der Waals surface area contributed by atoms with Gasteiger partial charge in [-0.3, -0.25) is 14.3 Å². The highest BCUT2D eigenvalue weighted by Crippen LogP contribution is 2.27. The minimum atomic E-state index is -0.309. The lowest BCUT2D eigenvalue weighted by Crippen LogP contribution is -2.20. The summed E-state index contributed by atoms with van der Waals surface area (Å²) in [5.41, 5.74) is 5.50. The lowest BCUT2D eigenvalue weighted by Gasteiger charge is -2.10. The van der Waals surface area contributed by atoms with Gasteiger partial charge in [-0.1, -0.05) is 48.2 Å². The molecule has 0 bridgehead atoms. The second kappa shape index (κ2) is 11.1. The first-order valence-corrected chi connectivity index (χ1v) is 11.4. The molecule has 0 saturated carbocycles. The second-order valence-corrected chi connectivity index (χ2v) is 8.09. The minimum absolute atomic E-state index is 0.0845. The smallest absolute Gasteiger partial charge is 0.250 e. The Kier molecular flexibility index (Phi) is 7.46. The second-order valence-electron chi connectivity index (χ2n) is 7.14. The van der Waals surface area contributed by atoms with Crippen molar-refractivity contribution in [1.82, 2.24) is 25.2 Å². The minimum Gasteiger partial charge on any atom is -0.507 e. The van der Waals surface area contributed by atoms with E-state index in [1.165, 1.54) is 18.0 Å². The number of nitrogens with one attached hydrogen (secondary N) is 1. The van der Waals surface area contributed by atoms with Crippen LogP contribution >= 0.6 is 11.8 Å². The van der Waals surface area contributed by atoms with Crippen molar-refractivity contribution >= 4 is 23.9 Å². The third-order valence-electron chi connectivity index (χ3n) is 4.83. The van der Waals surface area contributed by atoms with Gasteiger partial charge in [0.15, 0.2) is 11.0 Å². The quantitative estimate of drug-likeness (QED) is 0.166. The lowest BCUT2D eigenvalue weighted by atomic mass is 10.1. The molecule has 0 saturated heterocycles. The topological polar surface area (TPSA) is 105 Å². The number of amides is 1. The third kappa shape index (κ3) is 5.38. The van der Waals surface area contributed by atoms with Crippen LogP contribution in [0.3, 0.4) is 0 Å². The van der Waals surface area contributed by atoms with E-state index in [-0.39, 0.29) is 17.4 Å². The molecule has 2 aromatic heterocycles. The third-order valence-corrected chi connectivity index (χ3v) is 5.76. The largest absolute Gasteiger partial charge is 0.507 e. The number of phenolic OH excluding ortho intramolecular Hbond substituents is 1. The van der Waals surface area contributed by atoms with Crippen LogP contribution in [-0.2, 0) is 11.2 Å². The molecule has 34 heavy (non-hydrogen) atoms. The number of thioether (sulfide) groups is 1. The van der Waals surface area contributed by atoms with Crippen molar-refractivity contribution in [2.45, 2.75) is 11.6 Å². The number of nitrogens with zero attached hydrogens (tertiary/aromatic N) is 5. The molecule has 1 amide bonds. The first-order valence-electron chi connectivity index (χ1n) is 10.4. The van der Waals surface area contributed by atoms with Gasteiger partial charge >= 0.3 is 0 Å². The van der Waals surface area contributed by atoms with Crippen LogP contribution in [0.25, 0.3) is 17.1 Å². The molecule has 0 unspecified atom stereocenters. The Balaban J connectivity index is 1.46. The maximum atomic E-state index is 12.4. The van der Waals surface area contributed by atoms with Crippen molar-refractivity contribution in [2.24, 2.45) is 5.10 Å². The van der Waals surface area contributed by atoms with Crippen molar-refractivity contribution in [3.05, 3.63) is 96.8 Å². The van der Waals surface area contributed by atoms with Crippen LogP contribution in [-0.4, -0.2) is 42.7 Å². The standard InChI is InChI=1S/C25H22N6O2S/c1-2-7-18-8-6-9-20(23(18)33)16-27-28-22(32)17-34-25-30-29-24(19-12-14-26-15-13-19)31(25)21-10-4-3-5-11-21/h2-6,8-16,33H,1,7,17H2,(H,28,32)/b27-16-. The summed E-state index contributed by atoms with van der Waals surface area (Å²) in [4.78, 5) is 16.5. The summed E-state index contributed by atoms with van der Waals surface area (Å²) in [6.45, 7) is 3.68. The predicted molar refractivity (Wildman–Crippen MR) is 133 cm³/mol.